The summed E-state index contributed by atoms with van der Waals surface area (Å²) >= 11 is 3.38. The third-order valence-corrected chi connectivity index (χ3v) is 3.30. The highest BCUT2D eigenvalue weighted by Gasteiger charge is 2.12. The lowest BCUT2D eigenvalue weighted by Crippen LogP contribution is -2.29. The smallest absolute Gasteiger partial charge is 0.123 e. The molecule has 1 aromatic heterocycles. The van der Waals surface area contributed by atoms with Gasteiger partial charge >= 0.3 is 0 Å². The van der Waals surface area contributed by atoms with Crippen molar-refractivity contribution in [2.75, 3.05) is 0 Å². The van der Waals surface area contributed by atoms with Gasteiger partial charge in [-0.25, -0.2) is 4.39 Å². The Morgan fingerprint density at radius 2 is 2.11 bits per heavy atom. The van der Waals surface area contributed by atoms with Gasteiger partial charge in [0.05, 0.1) is 6.04 Å². The predicted octanol–water partition coefficient (Wildman–Crippen LogP) is 3.04. The van der Waals surface area contributed by atoms with E-state index >= 15 is 0 Å². The normalized spacial score (nSPS) is 12.4. The molecule has 0 aliphatic rings. The molecule has 1 heterocycles. The molecule has 0 spiro atoms. The van der Waals surface area contributed by atoms with Crippen LogP contribution in [0.5, 0.6) is 0 Å². The summed E-state index contributed by atoms with van der Waals surface area (Å²) in [4.78, 5) is 4.11. The number of halogens is 2. The fourth-order valence-corrected chi connectivity index (χ4v) is 2.45. The zero-order valence-electron chi connectivity index (χ0n) is 10.5. The lowest BCUT2D eigenvalue weighted by atomic mass is 9.99. The molecule has 0 saturated carbocycles. The van der Waals surface area contributed by atoms with Crippen LogP contribution in [0, 0.1) is 12.7 Å². The molecule has 0 amide bonds. The minimum absolute atomic E-state index is 0.148. The van der Waals surface area contributed by atoms with Gasteiger partial charge in [-0.2, -0.15) is 0 Å². The molecule has 0 radical (unpaired) electrons. The average Bonchev–Trinajstić information content (AvgIpc) is 2.34. The first kappa shape index (κ1) is 14.1. The summed E-state index contributed by atoms with van der Waals surface area (Å²) in [5, 5.41) is 0. The van der Waals surface area contributed by atoms with E-state index in [1.165, 1.54) is 12.1 Å². The Bertz CT molecular complexity index is 554. The number of pyridine rings is 1. The van der Waals surface area contributed by atoms with Crippen molar-refractivity contribution in [2.45, 2.75) is 19.4 Å². The van der Waals surface area contributed by atoms with E-state index in [1.54, 1.807) is 12.4 Å². The first-order valence-corrected chi connectivity index (χ1v) is 6.70. The maximum absolute atomic E-state index is 13.4. The highest BCUT2D eigenvalue weighted by Crippen LogP contribution is 2.21. The van der Waals surface area contributed by atoms with Gasteiger partial charge in [-0.3, -0.25) is 16.3 Å². The number of hydrogen-bond acceptors (Lipinski definition) is 3. The Labute approximate surface area is 120 Å². The van der Waals surface area contributed by atoms with Crippen molar-refractivity contribution in [3.05, 3.63) is 63.6 Å². The minimum atomic E-state index is -0.248. The Morgan fingerprint density at radius 3 is 2.74 bits per heavy atom. The second-order valence-corrected chi connectivity index (χ2v) is 5.41. The maximum atomic E-state index is 13.4. The number of hydrogen-bond donors (Lipinski definition) is 2. The molecule has 0 aliphatic carbocycles. The maximum Gasteiger partial charge on any atom is 0.123 e. The van der Waals surface area contributed by atoms with Gasteiger partial charge in [-0.1, -0.05) is 6.07 Å². The third kappa shape index (κ3) is 3.83. The molecule has 2 aromatic rings. The van der Waals surface area contributed by atoms with Gasteiger partial charge in [0.2, 0.25) is 0 Å². The molecule has 1 aromatic carbocycles. The summed E-state index contributed by atoms with van der Waals surface area (Å²) in [5.41, 5.74) is 5.47. The highest BCUT2D eigenvalue weighted by molar-refractivity contribution is 9.10. The van der Waals surface area contributed by atoms with Crippen LogP contribution >= 0.6 is 15.9 Å². The van der Waals surface area contributed by atoms with Crippen LogP contribution in [0.4, 0.5) is 4.39 Å². The van der Waals surface area contributed by atoms with Gasteiger partial charge < -0.3 is 0 Å². The van der Waals surface area contributed by atoms with Crippen LogP contribution in [0.2, 0.25) is 0 Å². The fraction of sp³-hybridized carbons (Fsp3) is 0.214. The number of benzene rings is 1. The van der Waals surface area contributed by atoms with Crippen molar-refractivity contribution in [3.8, 4) is 0 Å². The van der Waals surface area contributed by atoms with Gasteiger partial charge in [-0.15, -0.1) is 0 Å². The van der Waals surface area contributed by atoms with Crippen LogP contribution in [0.25, 0.3) is 0 Å². The summed E-state index contributed by atoms with van der Waals surface area (Å²) in [6, 6.07) is 6.76. The average molecular weight is 324 g/mol. The van der Waals surface area contributed by atoms with E-state index in [4.69, 9.17) is 5.84 Å². The van der Waals surface area contributed by atoms with E-state index in [-0.39, 0.29) is 11.9 Å². The van der Waals surface area contributed by atoms with Crippen molar-refractivity contribution >= 4 is 15.9 Å². The molecule has 0 saturated heterocycles. The number of nitrogens with two attached hydrogens (primary N) is 1. The molecule has 3 nitrogen and oxygen atoms in total. The number of hydrazine groups is 1. The highest BCUT2D eigenvalue weighted by atomic mass is 79.9. The number of nitrogens with zero attached hydrogens (tertiary/aromatic N) is 1. The van der Waals surface area contributed by atoms with Crippen molar-refractivity contribution in [3.63, 3.8) is 0 Å². The molecule has 3 N–H and O–H groups in total. The van der Waals surface area contributed by atoms with Crippen LogP contribution in [0.3, 0.4) is 0 Å². The van der Waals surface area contributed by atoms with Gasteiger partial charge in [0.25, 0.3) is 0 Å². The van der Waals surface area contributed by atoms with Gasteiger partial charge in [0.15, 0.2) is 0 Å². The Balaban J connectivity index is 2.24. The van der Waals surface area contributed by atoms with Crippen molar-refractivity contribution < 1.29 is 4.39 Å². The van der Waals surface area contributed by atoms with E-state index in [1.807, 2.05) is 19.1 Å². The van der Waals surface area contributed by atoms with Crippen LogP contribution in [-0.4, -0.2) is 4.98 Å². The van der Waals surface area contributed by atoms with Crippen LogP contribution < -0.4 is 11.3 Å². The molecule has 2 rings (SSSR count). The van der Waals surface area contributed by atoms with E-state index in [0.717, 1.165) is 21.2 Å². The molecular weight excluding hydrogens is 309 g/mol. The molecule has 0 fully saturated rings. The molecule has 1 unspecified atom stereocenters. The third-order valence-electron chi connectivity index (χ3n) is 2.87. The van der Waals surface area contributed by atoms with Crippen molar-refractivity contribution in [1.82, 2.24) is 10.4 Å². The minimum Gasteiger partial charge on any atom is -0.271 e. The number of rotatable bonds is 4. The standard InChI is InChI=1S/C14H15BrFN3/c1-9-2-11(6-13(16)3-9)14(19-17)5-10-4-12(15)8-18-7-10/h2-4,6-8,14,19H,5,17H2,1H3. The zero-order chi connectivity index (χ0) is 13.8. The van der Waals surface area contributed by atoms with Crippen LogP contribution in [0.1, 0.15) is 22.7 Å². The number of aromatic nitrogens is 1. The Hall–Kier alpha value is -1.30. The van der Waals surface area contributed by atoms with Crippen LogP contribution in [0.15, 0.2) is 41.1 Å². The molecule has 0 bridgehead atoms. The SMILES string of the molecule is Cc1cc(F)cc(C(Cc2cncc(Br)c2)NN)c1. The largest absolute Gasteiger partial charge is 0.271 e. The van der Waals surface area contributed by atoms with E-state index in [2.05, 4.69) is 26.3 Å². The Kier molecular flexibility index (Phi) is 4.63. The summed E-state index contributed by atoms with van der Waals surface area (Å²) in [5.74, 6) is 5.34. The van der Waals surface area contributed by atoms with Gasteiger partial charge in [0, 0.05) is 16.9 Å². The van der Waals surface area contributed by atoms with E-state index in [0.29, 0.717) is 6.42 Å². The van der Waals surface area contributed by atoms with E-state index < -0.39 is 0 Å². The molecule has 100 valence electrons. The predicted molar refractivity (Wildman–Crippen MR) is 76.8 cm³/mol. The summed E-state index contributed by atoms with van der Waals surface area (Å²) in [6.07, 6.45) is 4.15. The summed E-state index contributed by atoms with van der Waals surface area (Å²) < 4.78 is 14.4. The first-order valence-electron chi connectivity index (χ1n) is 5.91. The lowest BCUT2D eigenvalue weighted by Gasteiger charge is -2.17. The zero-order valence-corrected chi connectivity index (χ0v) is 12.1. The van der Waals surface area contributed by atoms with Crippen molar-refractivity contribution in [1.29, 1.82) is 0 Å². The van der Waals surface area contributed by atoms with Gasteiger partial charge in [0.1, 0.15) is 5.82 Å². The Morgan fingerprint density at radius 1 is 1.32 bits per heavy atom. The molecule has 1 atom stereocenters. The van der Waals surface area contributed by atoms with Crippen LogP contribution in [-0.2, 0) is 6.42 Å². The van der Waals surface area contributed by atoms with Crippen molar-refractivity contribution in [2.24, 2.45) is 5.84 Å². The number of nitrogens with one attached hydrogen (secondary N) is 1. The lowest BCUT2D eigenvalue weighted by molar-refractivity contribution is 0.543. The molecule has 5 heteroatoms. The fourth-order valence-electron chi connectivity index (χ4n) is 2.04. The van der Waals surface area contributed by atoms with E-state index in [9.17, 15) is 4.39 Å². The number of aryl methyl sites for hydroxylation is 1. The second kappa shape index (κ2) is 6.23. The quantitative estimate of drug-likeness (QED) is 0.671. The molecular formula is C14H15BrFN3. The molecule has 0 aliphatic heterocycles. The summed E-state index contributed by atoms with van der Waals surface area (Å²) in [7, 11) is 0. The monoisotopic (exact) mass is 323 g/mol. The van der Waals surface area contributed by atoms with Gasteiger partial charge in [-0.05, 0) is 64.2 Å². The topological polar surface area (TPSA) is 50.9 Å². The molecule has 19 heavy (non-hydrogen) atoms. The second-order valence-electron chi connectivity index (χ2n) is 4.50. The first-order chi connectivity index (χ1) is 9.08. The summed E-state index contributed by atoms with van der Waals surface area (Å²) in [6.45, 7) is 1.86.